The second-order valence-corrected chi connectivity index (χ2v) is 6.93. The molecular weight excluding hydrogens is 370 g/mol. The van der Waals surface area contributed by atoms with Gasteiger partial charge < -0.3 is 9.15 Å². The molecule has 140 valence electrons. The minimum atomic E-state index is 0.671. The van der Waals surface area contributed by atoms with Gasteiger partial charge in [-0.05, 0) is 42.0 Å². The molecule has 0 aliphatic rings. The molecule has 0 aliphatic heterocycles. The van der Waals surface area contributed by atoms with Crippen molar-refractivity contribution in [1.29, 1.82) is 0 Å². The maximum atomic E-state index is 5.55. The van der Waals surface area contributed by atoms with Crippen LogP contribution in [0.3, 0.4) is 0 Å². The van der Waals surface area contributed by atoms with Crippen molar-refractivity contribution in [3.8, 4) is 23.0 Å². The molecular formula is C22H19N3O2S. The van der Waals surface area contributed by atoms with Crippen molar-refractivity contribution in [3.63, 3.8) is 0 Å². The molecule has 0 unspecified atom stereocenters. The van der Waals surface area contributed by atoms with Gasteiger partial charge in [0, 0.05) is 5.75 Å². The smallest absolute Gasteiger partial charge is 0.205 e. The summed E-state index contributed by atoms with van der Waals surface area (Å²) in [5.74, 6) is 2.93. The molecule has 0 amide bonds. The molecule has 0 fully saturated rings. The lowest BCUT2D eigenvalue weighted by Gasteiger charge is -2.09. The Hall–Kier alpha value is -3.25. The monoisotopic (exact) mass is 389 g/mol. The molecule has 6 heteroatoms. The quantitative estimate of drug-likeness (QED) is 0.399. The van der Waals surface area contributed by atoms with Gasteiger partial charge in [0.2, 0.25) is 5.82 Å². The molecule has 4 aromatic rings. The van der Waals surface area contributed by atoms with Crippen LogP contribution in [0.4, 0.5) is 0 Å². The van der Waals surface area contributed by atoms with Crippen LogP contribution in [0.1, 0.15) is 5.56 Å². The van der Waals surface area contributed by atoms with Gasteiger partial charge >= 0.3 is 0 Å². The lowest BCUT2D eigenvalue weighted by Crippen LogP contribution is -1.99. The molecule has 2 aromatic heterocycles. The van der Waals surface area contributed by atoms with Crippen molar-refractivity contribution in [3.05, 3.63) is 84.6 Å². The molecule has 5 nitrogen and oxygen atoms in total. The van der Waals surface area contributed by atoms with Crippen LogP contribution >= 0.6 is 11.8 Å². The number of hydrogen-bond donors (Lipinski definition) is 0. The fourth-order valence-corrected chi connectivity index (χ4v) is 3.52. The normalized spacial score (nSPS) is 11.2. The van der Waals surface area contributed by atoms with Crippen molar-refractivity contribution in [2.75, 3.05) is 12.9 Å². The highest BCUT2D eigenvalue weighted by atomic mass is 32.2. The third-order valence-electron chi connectivity index (χ3n) is 4.12. The Bertz CT molecular complexity index is 1040. The molecule has 0 N–H and O–H groups in total. The van der Waals surface area contributed by atoms with Gasteiger partial charge in [0.05, 0.1) is 19.1 Å². The number of thioether (sulfide) groups is 1. The highest BCUT2D eigenvalue weighted by Gasteiger charge is 2.17. The van der Waals surface area contributed by atoms with Crippen LogP contribution in [0.25, 0.3) is 23.3 Å². The van der Waals surface area contributed by atoms with Gasteiger partial charge in [0.15, 0.2) is 10.9 Å². The molecule has 0 saturated carbocycles. The number of hydrogen-bond acceptors (Lipinski definition) is 5. The van der Waals surface area contributed by atoms with Gasteiger partial charge in [-0.15, -0.1) is 10.2 Å². The van der Waals surface area contributed by atoms with E-state index in [1.165, 1.54) is 5.56 Å². The summed E-state index contributed by atoms with van der Waals surface area (Å²) in [7, 11) is 1.66. The van der Waals surface area contributed by atoms with Gasteiger partial charge in [-0.3, -0.25) is 4.57 Å². The zero-order valence-electron chi connectivity index (χ0n) is 15.4. The summed E-state index contributed by atoms with van der Waals surface area (Å²) in [6.45, 7) is 0. The summed E-state index contributed by atoms with van der Waals surface area (Å²) in [6.07, 6.45) is 5.87. The second kappa shape index (κ2) is 8.63. The molecule has 0 aliphatic carbocycles. The first-order valence-corrected chi connectivity index (χ1v) is 9.82. The maximum absolute atomic E-state index is 5.55. The Morgan fingerprint density at radius 2 is 1.82 bits per heavy atom. The van der Waals surface area contributed by atoms with Crippen LogP contribution in [-0.2, 0) is 0 Å². The standard InChI is InChI=1S/C22H19N3O2S/c1-26-19-13-11-18(12-14-19)25-21(20-10-5-15-27-20)23-24-22(25)28-16-6-9-17-7-3-2-4-8-17/h2-15H,16H2,1H3. The average molecular weight is 389 g/mol. The van der Waals surface area contributed by atoms with E-state index >= 15 is 0 Å². The molecule has 28 heavy (non-hydrogen) atoms. The van der Waals surface area contributed by atoms with E-state index in [2.05, 4.69) is 34.5 Å². The first kappa shape index (κ1) is 18.1. The van der Waals surface area contributed by atoms with Crippen molar-refractivity contribution >= 4 is 17.8 Å². The number of furan rings is 1. The SMILES string of the molecule is COc1ccc(-n2c(SCC=Cc3ccccc3)nnc2-c2ccco2)cc1. The summed E-state index contributed by atoms with van der Waals surface area (Å²) in [5.41, 5.74) is 2.13. The Balaban J connectivity index is 1.60. The Morgan fingerprint density at radius 3 is 2.54 bits per heavy atom. The highest BCUT2D eigenvalue weighted by Crippen LogP contribution is 2.29. The van der Waals surface area contributed by atoms with E-state index in [4.69, 9.17) is 9.15 Å². The maximum Gasteiger partial charge on any atom is 0.205 e. The molecule has 4 rings (SSSR count). The van der Waals surface area contributed by atoms with E-state index < -0.39 is 0 Å². The number of benzene rings is 2. The van der Waals surface area contributed by atoms with Crippen LogP contribution in [0.15, 0.2) is 88.6 Å². The van der Waals surface area contributed by atoms with Crippen LogP contribution in [0, 0.1) is 0 Å². The lowest BCUT2D eigenvalue weighted by atomic mass is 10.2. The van der Waals surface area contributed by atoms with E-state index in [-0.39, 0.29) is 0 Å². The van der Waals surface area contributed by atoms with Crippen LogP contribution in [0.2, 0.25) is 0 Å². The summed E-state index contributed by atoms with van der Waals surface area (Å²) in [6, 6.07) is 21.8. The van der Waals surface area contributed by atoms with E-state index in [9.17, 15) is 0 Å². The molecule has 0 saturated heterocycles. The summed E-state index contributed by atoms with van der Waals surface area (Å²) in [5, 5.41) is 9.54. The lowest BCUT2D eigenvalue weighted by molar-refractivity contribution is 0.414. The number of aromatic nitrogens is 3. The number of methoxy groups -OCH3 is 1. The van der Waals surface area contributed by atoms with Crippen molar-refractivity contribution in [2.45, 2.75) is 5.16 Å². The average Bonchev–Trinajstić information content (AvgIpc) is 3.42. The predicted octanol–water partition coefficient (Wildman–Crippen LogP) is 5.34. The molecule has 0 bridgehead atoms. The zero-order valence-corrected chi connectivity index (χ0v) is 16.2. The molecule has 2 heterocycles. The minimum Gasteiger partial charge on any atom is -0.497 e. The largest absolute Gasteiger partial charge is 0.497 e. The minimum absolute atomic E-state index is 0.671. The van der Waals surface area contributed by atoms with Crippen LogP contribution in [0.5, 0.6) is 5.75 Å². The fourth-order valence-electron chi connectivity index (χ4n) is 2.76. The number of ether oxygens (including phenoxy) is 1. The molecule has 0 atom stereocenters. The predicted molar refractivity (Wildman–Crippen MR) is 112 cm³/mol. The van der Waals surface area contributed by atoms with E-state index in [0.29, 0.717) is 11.6 Å². The van der Waals surface area contributed by atoms with E-state index in [0.717, 1.165) is 22.3 Å². The van der Waals surface area contributed by atoms with Gasteiger partial charge in [-0.25, -0.2) is 0 Å². The summed E-state index contributed by atoms with van der Waals surface area (Å²) < 4.78 is 12.8. The Kier molecular flexibility index (Phi) is 5.58. The van der Waals surface area contributed by atoms with Crippen molar-refractivity contribution in [2.24, 2.45) is 0 Å². The molecule has 2 aromatic carbocycles. The van der Waals surface area contributed by atoms with Crippen molar-refractivity contribution < 1.29 is 9.15 Å². The third kappa shape index (κ3) is 4.02. The van der Waals surface area contributed by atoms with Gasteiger partial charge in [0.25, 0.3) is 0 Å². The van der Waals surface area contributed by atoms with E-state index in [1.54, 1.807) is 25.1 Å². The first-order valence-electron chi connectivity index (χ1n) is 8.83. The third-order valence-corrected chi connectivity index (χ3v) is 5.01. The summed E-state index contributed by atoms with van der Waals surface area (Å²) >= 11 is 1.62. The van der Waals surface area contributed by atoms with Gasteiger partial charge in [-0.2, -0.15) is 0 Å². The van der Waals surface area contributed by atoms with Crippen LogP contribution in [-0.4, -0.2) is 27.6 Å². The first-order chi connectivity index (χ1) is 13.8. The highest BCUT2D eigenvalue weighted by molar-refractivity contribution is 7.99. The Labute approximate surface area is 167 Å². The zero-order chi connectivity index (χ0) is 19.2. The Morgan fingerprint density at radius 1 is 1.00 bits per heavy atom. The number of rotatable bonds is 7. The summed E-state index contributed by atoms with van der Waals surface area (Å²) in [4.78, 5) is 0. The van der Waals surface area contributed by atoms with Gasteiger partial charge in [0.1, 0.15) is 5.75 Å². The van der Waals surface area contributed by atoms with Crippen LogP contribution < -0.4 is 4.74 Å². The fraction of sp³-hybridized carbons (Fsp3) is 0.0909. The van der Waals surface area contributed by atoms with E-state index in [1.807, 2.05) is 59.2 Å². The van der Waals surface area contributed by atoms with Crippen molar-refractivity contribution in [1.82, 2.24) is 14.8 Å². The molecule has 0 spiro atoms. The second-order valence-electron chi connectivity index (χ2n) is 5.94. The topological polar surface area (TPSA) is 53.1 Å². The molecule has 0 radical (unpaired) electrons. The van der Waals surface area contributed by atoms with Gasteiger partial charge in [-0.1, -0.05) is 54.2 Å². The number of nitrogens with zero attached hydrogens (tertiary/aromatic N) is 3.